The Bertz CT molecular complexity index is 1890. The lowest BCUT2D eigenvalue weighted by atomic mass is 10.0. The fraction of sp³-hybridized carbons (Fsp3) is 0.235. The lowest BCUT2D eigenvalue weighted by Gasteiger charge is -2.49. The Kier molecular flexibility index (Phi) is 10.0. The molecule has 2 fully saturated rings. The standard InChI is InChI=1S/C34H30FN5O7S2/c35-25-15-23(6-7-26(25)41)36-27(42)17-38-11-8-20(9-12-38)16-39-13-10-21(31(39)44)14-22-18-49-33-29(32(45)40(33)30(22)34(46)47)37-28(43)19-48-24-4-2-1-3-5-24/h1-9,11-12,14-15,29,33H,10,13,16-19H2,(H3-,36,37,41,42,43,46,47)/p+1. The molecule has 0 bridgehead atoms. The molecule has 2 atom stereocenters. The van der Waals surface area contributed by atoms with Gasteiger partial charge in [0.25, 0.3) is 11.8 Å². The number of rotatable bonds is 11. The summed E-state index contributed by atoms with van der Waals surface area (Å²) >= 11 is 2.68. The Morgan fingerprint density at radius 1 is 1.06 bits per heavy atom. The second-order valence-corrected chi connectivity index (χ2v) is 13.6. The number of amides is 4. The van der Waals surface area contributed by atoms with Crippen molar-refractivity contribution >= 4 is 58.8 Å². The summed E-state index contributed by atoms with van der Waals surface area (Å²) in [6.45, 7) is 0.679. The van der Waals surface area contributed by atoms with E-state index < -0.39 is 40.8 Å². The number of thioether (sulfide) groups is 2. The topological polar surface area (TPSA) is 160 Å². The van der Waals surface area contributed by atoms with E-state index in [2.05, 4.69) is 10.6 Å². The first-order valence-electron chi connectivity index (χ1n) is 15.2. The van der Waals surface area contributed by atoms with Crippen LogP contribution in [0.4, 0.5) is 10.1 Å². The van der Waals surface area contributed by atoms with Crippen LogP contribution in [0.15, 0.2) is 101 Å². The molecule has 0 saturated carbocycles. The van der Waals surface area contributed by atoms with Gasteiger partial charge in [-0.05, 0) is 47.9 Å². The van der Waals surface area contributed by atoms with Gasteiger partial charge < -0.3 is 25.7 Å². The van der Waals surface area contributed by atoms with Crippen LogP contribution < -0.4 is 15.2 Å². The van der Waals surface area contributed by atoms with Gasteiger partial charge in [-0.3, -0.25) is 24.1 Å². The number of aliphatic carboxylic acids is 1. The monoisotopic (exact) mass is 704 g/mol. The molecule has 2 unspecified atom stereocenters. The number of hydrogen-bond acceptors (Lipinski definition) is 8. The van der Waals surface area contributed by atoms with Crippen molar-refractivity contribution in [3.63, 3.8) is 0 Å². The number of nitrogens with zero attached hydrogens (tertiary/aromatic N) is 3. The Morgan fingerprint density at radius 2 is 1.82 bits per heavy atom. The van der Waals surface area contributed by atoms with E-state index in [0.29, 0.717) is 30.7 Å². The van der Waals surface area contributed by atoms with Gasteiger partial charge in [-0.2, -0.15) is 4.57 Å². The van der Waals surface area contributed by atoms with Gasteiger partial charge in [0.2, 0.25) is 18.4 Å². The van der Waals surface area contributed by atoms with Crippen molar-refractivity contribution in [2.24, 2.45) is 0 Å². The average molecular weight is 705 g/mol. The maximum atomic E-state index is 13.5. The van der Waals surface area contributed by atoms with Gasteiger partial charge in [0, 0.05) is 53.2 Å². The summed E-state index contributed by atoms with van der Waals surface area (Å²) in [7, 11) is 0. The number of carbonyl (C=O) groups is 5. The summed E-state index contributed by atoms with van der Waals surface area (Å²) in [5.74, 6) is -3.71. The second kappa shape index (κ2) is 14.5. The Hall–Kier alpha value is -5.15. The zero-order chi connectivity index (χ0) is 34.7. The number of carboxylic acid groups (broad SMARTS) is 1. The number of anilines is 1. The molecule has 0 aliphatic carbocycles. The molecule has 4 heterocycles. The van der Waals surface area contributed by atoms with E-state index >= 15 is 0 Å². The highest BCUT2D eigenvalue weighted by Crippen LogP contribution is 2.41. The Labute approximate surface area is 288 Å². The van der Waals surface area contributed by atoms with Gasteiger partial charge in [0.05, 0.1) is 5.75 Å². The smallest absolute Gasteiger partial charge is 0.352 e. The SMILES string of the molecule is O=C(C[n+]1ccc(CN2CCC(=CC3=C(C(=O)O)N4C(=O)C(NC(=O)CSc5ccccc5)C4SC3)C2=O)cc1)Nc1ccc(O)c(F)c1. The minimum atomic E-state index is -1.28. The van der Waals surface area contributed by atoms with Crippen LogP contribution in [0.1, 0.15) is 12.0 Å². The third kappa shape index (κ3) is 7.62. The maximum Gasteiger partial charge on any atom is 0.352 e. The van der Waals surface area contributed by atoms with Crippen LogP contribution in [0, 0.1) is 5.82 Å². The fourth-order valence-corrected chi connectivity index (χ4v) is 7.70. The van der Waals surface area contributed by atoms with Crippen LogP contribution >= 0.6 is 23.5 Å². The van der Waals surface area contributed by atoms with Crippen molar-refractivity contribution in [1.29, 1.82) is 0 Å². The first kappa shape index (κ1) is 33.7. The van der Waals surface area contributed by atoms with Gasteiger partial charge in [-0.25, -0.2) is 9.18 Å². The van der Waals surface area contributed by atoms with Crippen molar-refractivity contribution in [3.8, 4) is 5.75 Å². The molecule has 2 aromatic carbocycles. The molecule has 4 amide bonds. The highest BCUT2D eigenvalue weighted by atomic mass is 32.2. The Balaban J connectivity index is 1.04. The Morgan fingerprint density at radius 3 is 2.53 bits per heavy atom. The number of allylic oxidation sites excluding steroid dienone is 1. The van der Waals surface area contributed by atoms with E-state index in [-0.39, 0.29) is 41.2 Å². The average Bonchev–Trinajstić information content (AvgIpc) is 3.42. The number of carbonyl (C=O) groups excluding carboxylic acids is 4. The van der Waals surface area contributed by atoms with Crippen molar-refractivity contribution in [2.45, 2.75) is 35.8 Å². The molecular formula is C34H31FN5O7S2+. The zero-order valence-corrected chi connectivity index (χ0v) is 27.5. The quantitative estimate of drug-likeness (QED) is 0.0774. The summed E-state index contributed by atoms with van der Waals surface area (Å²) in [5.41, 5.74) is 1.66. The molecule has 3 aliphatic heterocycles. The maximum absolute atomic E-state index is 13.5. The number of fused-ring (bicyclic) bond motifs is 1. The molecule has 49 heavy (non-hydrogen) atoms. The summed E-state index contributed by atoms with van der Waals surface area (Å²) < 4.78 is 15.2. The van der Waals surface area contributed by atoms with E-state index in [4.69, 9.17) is 0 Å². The van der Waals surface area contributed by atoms with Crippen LogP contribution in [0.3, 0.4) is 0 Å². The molecule has 12 nitrogen and oxygen atoms in total. The molecule has 15 heteroatoms. The molecule has 2 saturated heterocycles. The van der Waals surface area contributed by atoms with Crippen LogP contribution in [0.25, 0.3) is 0 Å². The van der Waals surface area contributed by atoms with Gasteiger partial charge in [-0.1, -0.05) is 18.2 Å². The van der Waals surface area contributed by atoms with E-state index in [0.717, 1.165) is 22.6 Å². The van der Waals surface area contributed by atoms with Gasteiger partial charge >= 0.3 is 5.97 Å². The van der Waals surface area contributed by atoms with E-state index in [1.807, 2.05) is 30.3 Å². The summed E-state index contributed by atoms with van der Waals surface area (Å²) in [4.78, 5) is 67.4. The summed E-state index contributed by atoms with van der Waals surface area (Å²) in [6.07, 6.45) is 5.35. The van der Waals surface area contributed by atoms with Crippen molar-refractivity contribution in [1.82, 2.24) is 15.1 Å². The van der Waals surface area contributed by atoms with Crippen molar-refractivity contribution in [3.05, 3.63) is 107 Å². The van der Waals surface area contributed by atoms with Crippen molar-refractivity contribution in [2.75, 3.05) is 23.4 Å². The molecule has 0 radical (unpaired) electrons. The zero-order valence-electron chi connectivity index (χ0n) is 25.9. The normalized spacial score (nSPS) is 19.5. The van der Waals surface area contributed by atoms with Crippen LogP contribution in [0.2, 0.25) is 0 Å². The highest BCUT2D eigenvalue weighted by Gasteiger charge is 2.54. The number of phenols is 1. The third-order valence-corrected chi connectivity index (χ3v) is 10.4. The molecule has 3 aliphatic rings. The van der Waals surface area contributed by atoms with Crippen LogP contribution in [-0.2, 0) is 37.1 Å². The molecule has 4 N–H and O–H groups in total. The first-order valence-corrected chi connectivity index (χ1v) is 17.3. The minimum absolute atomic E-state index is 0.0435. The fourth-order valence-electron chi connectivity index (χ4n) is 5.67. The number of pyridine rings is 1. The third-order valence-electron chi connectivity index (χ3n) is 8.08. The van der Waals surface area contributed by atoms with Gasteiger partial charge in [-0.15, -0.1) is 23.5 Å². The second-order valence-electron chi connectivity index (χ2n) is 11.5. The minimum Gasteiger partial charge on any atom is -0.505 e. The largest absolute Gasteiger partial charge is 0.505 e. The number of likely N-dealkylation sites (tertiary alicyclic amines) is 1. The lowest BCUT2D eigenvalue weighted by molar-refractivity contribution is -0.684. The van der Waals surface area contributed by atoms with Gasteiger partial charge in [0.15, 0.2) is 24.0 Å². The van der Waals surface area contributed by atoms with E-state index in [9.17, 15) is 38.6 Å². The number of aromatic nitrogens is 1. The molecule has 1 aromatic heterocycles. The highest BCUT2D eigenvalue weighted by molar-refractivity contribution is 8.00. The molecular weight excluding hydrogens is 674 g/mol. The van der Waals surface area contributed by atoms with E-state index in [1.165, 1.54) is 34.5 Å². The number of benzene rings is 2. The first-order chi connectivity index (χ1) is 23.6. The molecule has 3 aromatic rings. The van der Waals surface area contributed by atoms with Crippen molar-refractivity contribution < 1.29 is 43.1 Å². The summed E-state index contributed by atoms with van der Waals surface area (Å²) in [6, 6.07) is 15.7. The number of hydrogen-bond donors (Lipinski definition) is 4. The number of halogens is 1. The van der Waals surface area contributed by atoms with Crippen LogP contribution in [0.5, 0.6) is 5.75 Å². The number of aromatic hydroxyl groups is 1. The summed E-state index contributed by atoms with van der Waals surface area (Å²) in [5, 5.41) is 24.1. The van der Waals surface area contributed by atoms with Crippen LogP contribution in [-0.4, -0.2) is 79.1 Å². The van der Waals surface area contributed by atoms with Gasteiger partial charge in [0.1, 0.15) is 17.1 Å². The number of carboxylic acids is 1. The number of nitrogens with one attached hydrogen (secondary N) is 2. The number of β-lactam (4-membered cyclic amide) rings is 1. The molecule has 252 valence electrons. The predicted octanol–water partition coefficient (Wildman–Crippen LogP) is 2.65. The molecule has 6 rings (SSSR count). The predicted molar refractivity (Wildman–Crippen MR) is 178 cm³/mol. The van der Waals surface area contributed by atoms with E-state index in [1.54, 1.807) is 40.1 Å². The lowest BCUT2D eigenvalue weighted by Crippen LogP contribution is -2.70. The molecule has 0 spiro atoms. The number of phenolic OH excluding ortho intramolecular Hbond substituents is 1.